The highest BCUT2D eigenvalue weighted by molar-refractivity contribution is 5.05. The van der Waals surface area contributed by atoms with E-state index in [0.717, 1.165) is 42.3 Å². The summed E-state index contributed by atoms with van der Waals surface area (Å²) in [7, 11) is 0. The van der Waals surface area contributed by atoms with Crippen LogP contribution in [-0.4, -0.2) is 11.5 Å². The molecule has 0 unspecified atom stereocenters. The zero-order valence-electron chi connectivity index (χ0n) is 11.3. The van der Waals surface area contributed by atoms with Crippen molar-refractivity contribution in [3.63, 3.8) is 0 Å². The van der Waals surface area contributed by atoms with Gasteiger partial charge in [-0.05, 0) is 45.1 Å². The summed E-state index contributed by atoms with van der Waals surface area (Å²) in [4.78, 5) is 4.38. The normalized spacial score (nSPS) is 25.1. The van der Waals surface area contributed by atoms with E-state index in [-0.39, 0.29) is 0 Å². The molecule has 1 aromatic rings. The second kappa shape index (κ2) is 5.67. The summed E-state index contributed by atoms with van der Waals surface area (Å²) in [5.74, 6) is 3.55. The lowest BCUT2D eigenvalue weighted by atomic mass is 9.83. The molecule has 1 fully saturated rings. The van der Waals surface area contributed by atoms with E-state index < -0.39 is 0 Å². The Hall–Kier alpha value is -0.830. The van der Waals surface area contributed by atoms with Crippen LogP contribution in [0.25, 0.3) is 0 Å². The smallest absolute Gasteiger partial charge is 0.208 e. The number of nitrogens with zero attached hydrogens (tertiary/aromatic N) is 1. The first-order chi connectivity index (χ1) is 8.15. The molecule has 0 amide bonds. The number of rotatable bonds is 4. The fraction of sp³-hybridized carbons (Fsp3) is 0.786. The Morgan fingerprint density at radius 1 is 1.24 bits per heavy atom. The lowest BCUT2D eigenvalue weighted by Crippen LogP contribution is -2.25. The van der Waals surface area contributed by atoms with Crippen LogP contribution in [0.2, 0.25) is 0 Å². The fourth-order valence-corrected chi connectivity index (χ4v) is 2.53. The van der Waals surface area contributed by atoms with Gasteiger partial charge in [0.15, 0.2) is 0 Å². The molecular weight excluding hydrogens is 212 g/mol. The van der Waals surface area contributed by atoms with Crippen LogP contribution in [0.3, 0.4) is 0 Å². The first-order valence-electron chi connectivity index (χ1n) is 6.78. The molecule has 2 rings (SSSR count). The molecule has 0 aromatic carbocycles. The maximum absolute atomic E-state index is 5.55. The standard InChI is InChI=1S/C14H24N2O/c1-10-4-6-13(7-5-10)8-15-9-14-16-11(2)12(3)17-14/h10,13,15H,4-9H2,1-3H3. The van der Waals surface area contributed by atoms with Crippen molar-refractivity contribution >= 4 is 0 Å². The number of nitrogens with one attached hydrogen (secondary N) is 1. The molecule has 0 spiro atoms. The number of aromatic nitrogens is 1. The highest BCUT2D eigenvalue weighted by atomic mass is 16.4. The average molecular weight is 236 g/mol. The highest BCUT2D eigenvalue weighted by Gasteiger charge is 2.17. The van der Waals surface area contributed by atoms with Crippen LogP contribution in [0, 0.1) is 25.7 Å². The molecule has 1 aliphatic carbocycles. The Morgan fingerprint density at radius 3 is 2.53 bits per heavy atom. The summed E-state index contributed by atoms with van der Waals surface area (Å²) in [6, 6.07) is 0. The summed E-state index contributed by atoms with van der Waals surface area (Å²) in [6.45, 7) is 8.19. The van der Waals surface area contributed by atoms with E-state index in [2.05, 4.69) is 17.2 Å². The van der Waals surface area contributed by atoms with Gasteiger partial charge in [-0.25, -0.2) is 4.98 Å². The van der Waals surface area contributed by atoms with E-state index in [4.69, 9.17) is 4.42 Å². The van der Waals surface area contributed by atoms with E-state index in [9.17, 15) is 0 Å². The maximum atomic E-state index is 5.55. The van der Waals surface area contributed by atoms with E-state index in [1.165, 1.54) is 25.7 Å². The first-order valence-corrected chi connectivity index (χ1v) is 6.78. The van der Waals surface area contributed by atoms with Crippen molar-refractivity contribution in [2.24, 2.45) is 11.8 Å². The van der Waals surface area contributed by atoms with Gasteiger partial charge in [0.1, 0.15) is 5.76 Å². The zero-order chi connectivity index (χ0) is 12.3. The first kappa shape index (κ1) is 12.6. The van der Waals surface area contributed by atoms with Crippen LogP contribution < -0.4 is 5.32 Å². The summed E-state index contributed by atoms with van der Waals surface area (Å²) in [6.07, 6.45) is 5.53. The largest absolute Gasteiger partial charge is 0.444 e. The summed E-state index contributed by atoms with van der Waals surface area (Å²) in [5, 5.41) is 3.47. The molecule has 0 atom stereocenters. The maximum Gasteiger partial charge on any atom is 0.208 e. The monoisotopic (exact) mass is 236 g/mol. The second-order valence-corrected chi connectivity index (χ2v) is 5.51. The minimum Gasteiger partial charge on any atom is -0.444 e. The molecule has 1 aliphatic rings. The van der Waals surface area contributed by atoms with E-state index in [0.29, 0.717) is 0 Å². The molecular formula is C14H24N2O. The Kier molecular flexibility index (Phi) is 4.21. The Balaban J connectivity index is 1.69. The van der Waals surface area contributed by atoms with E-state index >= 15 is 0 Å². The predicted octanol–water partition coefficient (Wildman–Crippen LogP) is 3.21. The average Bonchev–Trinajstić information content (AvgIpc) is 2.61. The molecule has 96 valence electrons. The van der Waals surface area contributed by atoms with Gasteiger partial charge in [-0.15, -0.1) is 0 Å². The van der Waals surface area contributed by atoms with Gasteiger partial charge < -0.3 is 9.73 Å². The number of hydrogen-bond acceptors (Lipinski definition) is 3. The minimum absolute atomic E-state index is 0.765. The number of oxazole rings is 1. The van der Waals surface area contributed by atoms with Crippen LogP contribution in [0.1, 0.15) is 50.0 Å². The van der Waals surface area contributed by atoms with Crippen molar-refractivity contribution in [1.29, 1.82) is 0 Å². The minimum atomic E-state index is 0.765. The van der Waals surface area contributed by atoms with Gasteiger partial charge >= 0.3 is 0 Å². The quantitative estimate of drug-likeness (QED) is 0.872. The summed E-state index contributed by atoms with van der Waals surface area (Å²) < 4.78 is 5.55. The van der Waals surface area contributed by atoms with Crippen molar-refractivity contribution in [3.05, 3.63) is 17.3 Å². The summed E-state index contributed by atoms with van der Waals surface area (Å²) >= 11 is 0. The van der Waals surface area contributed by atoms with Crippen molar-refractivity contribution in [2.45, 2.75) is 53.0 Å². The van der Waals surface area contributed by atoms with Gasteiger partial charge in [0.05, 0.1) is 12.2 Å². The van der Waals surface area contributed by atoms with Gasteiger partial charge in [-0.3, -0.25) is 0 Å². The zero-order valence-corrected chi connectivity index (χ0v) is 11.3. The summed E-state index contributed by atoms with van der Waals surface area (Å²) in [5.41, 5.74) is 1.01. The Bertz CT molecular complexity index is 332. The molecule has 0 aliphatic heterocycles. The topological polar surface area (TPSA) is 38.1 Å². The predicted molar refractivity (Wildman–Crippen MR) is 68.8 cm³/mol. The van der Waals surface area contributed by atoms with Gasteiger partial charge in [0, 0.05) is 0 Å². The van der Waals surface area contributed by atoms with E-state index in [1.807, 2.05) is 13.8 Å². The van der Waals surface area contributed by atoms with Gasteiger partial charge in [0.25, 0.3) is 0 Å². The molecule has 0 radical (unpaired) electrons. The third-order valence-electron chi connectivity index (χ3n) is 3.92. The van der Waals surface area contributed by atoms with Gasteiger partial charge in [-0.1, -0.05) is 19.8 Å². The van der Waals surface area contributed by atoms with Crippen molar-refractivity contribution in [3.8, 4) is 0 Å². The molecule has 1 heterocycles. The third-order valence-corrected chi connectivity index (χ3v) is 3.92. The molecule has 17 heavy (non-hydrogen) atoms. The van der Waals surface area contributed by atoms with E-state index in [1.54, 1.807) is 0 Å². The van der Waals surface area contributed by atoms with Crippen LogP contribution >= 0.6 is 0 Å². The second-order valence-electron chi connectivity index (χ2n) is 5.51. The third kappa shape index (κ3) is 3.56. The van der Waals surface area contributed by atoms with Crippen LogP contribution in [0.15, 0.2) is 4.42 Å². The number of hydrogen-bond donors (Lipinski definition) is 1. The molecule has 0 bridgehead atoms. The molecule has 0 saturated heterocycles. The molecule has 3 heteroatoms. The lowest BCUT2D eigenvalue weighted by molar-refractivity contribution is 0.278. The van der Waals surface area contributed by atoms with Crippen LogP contribution in [0.4, 0.5) is 0 Å². The van der Waals surface area contributed by atoms with Crippen LogP contribution in [0.5, 0.6) is 0 Å². The lowest BCUT2D eigenvalue weighted by Gasteiger charge is -2.26. The number of aryl methyl sites for hydroxylation is 2. The van der Waals surface area contributed by atoms with Crippen molar-refractivity contribution in [2.75, 3.05) is 6.54 Å². The highest BCUT2D eigenvalue weighted by Crippen LogP contribution is 2.27. The van der Waals surface area contributed by atoms with Crippen LogP contribution in [-0.2, 0) is 6.54 Å². The van der Waals surface area contributed by atoms with Crippen molar-refractivity contribution < 1.29 is 4.42 Å². The van der Waals surface area contributed by atoms with Gasteiger partial charge in [0.2, 0.25) is 5.89 Å². The molecule has 1 N–H and O–H groups in total. The molecule has 3 nitrogen and oxygen atoms in total. The Morgan fingerprint density at radius 2 is 1.94 bits per heavy atom. The van der Waals surface area contributed by atoms with Crippen molar-refractivity contribution in [1.82, 2.24) is 10.3 Å². The molecule has 1 aromatic heterocycles. The fourth-order valence-electron chi connectivity index (χ4n) is 2.53. The SMILES string of the molecule is Cc1nc(CNCC2CCC(C)CC2)oc1C. The van der Waals surface area contributed by atoms with Gasteiger partial charge in [-0.2, -0.15) is 0 Å². The molecule has 1 saturated carbocycles. The Labute approximate surface area is 104 Å².